The number of hydrogen-bond acceptors (Lipinski definition) is 3. The topological polar surface area (TPSA) is 38.7 Å². The predicted molar refractivity (Wildman–Crippen MR) is 66.6 cm³/mol. The second-order valence-electron chi connectivity index (χ2n) is 5.35. The smallest absolute Gasteiger partial charge is 0.165 e. The van der Waals surface area contributed by atoms with E-state index in [1.54, 1.807) is 6.92 Å². The first-order valence-electron chi connectivity index (χ1n) is 6.05. The van der Waals surface area contributed by atoms with Crippen LogP contribution in [-0.2, 0) is 6.42 Å². The zero-order valence-corrected chi connectivity index (χ0v) is 10.9. The van der Waals surface area contributed by atoms with Crippen LogP contribution in [0.25, 0.3) is 0 Å². The number of rotatable bonds is 3. The van der Waals surface area contributed by atoms with Crippen LogP contribution in [0.2, 0.25) is 0 Å². The number of para-hydroxylation sites is 1. The van der Waals surface area contributed by atoms with Crippen molar-refractivity contribution in [2.45, 2.75) is 51.9 Å². The number of benzene rings is 1. The predicted octanol–water partition coefficient (Wildman–Crippen LogP) is 2.55. The number of aliphatic hydroxyl groups is 1. The highest BCUT2D eigenvalue weighted by Crippen LogP contribution is 2.42. The quantitative estimate of drug-likeness (QED) is 0.876. The molecule has 2 rings (SSSR count). The lowest BCUT2D eigenvalue weighted by Crippen LogP contribution is -2.26. The summed E-state index contributed by atoms with van der Waals surface area (Å²) < 4.78 is 11.6. The van der Waals surface area contributed by atoms with Gasteiger partial charge in [-0.05, 0) is 33.8 Å². The highest BCUT2D eigenvalue weighted by molar-refractivity contribution is 5.50. The first-order chi connectivity index (χ1) is 7.89. The van der Waals surface area contributed by atoms with Gasteiger partial charge in [-0.2, -0.15) is 0 Å². The monoisotopic (exact) mass is 236 g/mol. The molecule has 1 N–H and O–H groups in total. The minimum Gasteiger partial charge on any atom is -0.484 e. The van der Waals surface area contributed by atoms with Crippen LogP contribution in [0, 0.1) is 0 Å². The Balaban J connectivity index is 2.24. The van der Waals surface area contributed by atoms with Gasteiger partial charge in [0.15, 0.2) is 11.5 Å². The third-order valence-corrected chi connectivity index (χ3v) is 3.05. The van der Waals surface area contributed by atoms with Crippen molar-refractivity contribution in [1.29, 1.82) is 0 Å². The van der Waals surface area contributed by atoms with E-state index in [0.717, 1.165) is 17.9 Å². The SMILES string of the molecule is CC(Oc1cccc2c1OC(C)(C)C2)[C@H](C)O. The van der Waals surface area contributed by atoms with Gasteiger partial charge < -0.3 is 14.6 Å². The Morgan fingerprint density at radius 3 is 2.71 bits per heavy atom. The van der Waals surface area contributed by atoms with Crippen molar-refractivity contribution in [1.82, 2.24) is 0 Å². The zero-order valence-electron chi connectivity index (χ0n) is 10.9. The zero-order chi connectivity index (χ0) is 12.6. The summed E-state index contributed by atoms with van der Waals surface area (Å²) >= 11 is 0. The van der Waals surface area contributed by atoms with E-state index in [1.165, 1.54) is 5.56 Å². The van der Waals surface area contributed by atoms with Crippen molar-refractivity contribution >= 4 is 0 Å². The molecule has 1 unspecified atom stereocenters. The molecule has 0 amide bonds. The molecular weight excluding hydrogens is 216 g/mol. The van der Waals surface area contributed by atoms with Gasteiger partial charge >= 0.3 is 0 Å². The van der Waals surface area contributed by atoms with Gasteiger partial charge in [-0.25, -0.2) is 0 Å². The summed E-state index contributed by atoms with van der Waals surface area (Å²) in [5.74, 6) is 1.55. The summed E-state index contributed by atoms with van der Waals surface area (Å²) in [7, 11) is 0. The van der Waals surface area contributed by atoms with Crippen molar-refractivity contribution in [2.75, 3.05) is 0 Å². The van der Waals surface area contributed by atoms with E-state index in [9.17, 15) is 5.11 Å². The lowest BCUT2D eigenvalue weighted by molar-refractivity contribution is 0.0551. The molecule has 1 aliphatic heterocycles. The summed E-state index contributed by atoms with van der Waals surface area (Å²) in [6.45, 7) is 7.70. The molecule has 0 bridgehead atoms. The molecule has 3 nitrogen and oxygen atoms in total. The van der Waals surface area contributed by atoms with Gasteiger partial charge in [-0.15, -0.1) is 0 Å². The van der Waals surface area contributed by atoms with Crippen LogP contribution in [-0.4, -0.2) is 22.9 Å². The Bertz CT molecular complexity index is 410. The average molecular weight is 236 g/mol. The maximum atomic E-state index is 9.47. The standard InChI is InChI=1S/C14H20O3/c1-9(15)10(2)16-12-7-5-6-11-8-14(3,4)17-13(11)12/h5-7,9-10,15H,8H2,1-4H3/t9-,10?/m0/s1. The molecule has 0 spiro atoms. The fraction of sp³-hybridized carbons (Fsp3) is 0.571. The third-order valence-electron chi connectivity index (χ3n) is 3.05. The Hall–Kier alpha value is -1.22. The van der Waals surface area contributed by atoms with E-state index in [4.69, 9.17) is 9.47 Å². The Labute approximate surface area is 102 Å². The molecule has 1 aromatic rings. The highest BCUT2D eigenvalue weighted by atomic mass is 16.5. The Morgan fingerprint density at radius 2 is 2.06 bits per heavy atom. The molecular formula is C14H20O3. The van der Waals surface area contributed by atoms with Gasteiger partial charge in [-0.3, -0.25) is 0 Å². The van der Waals surface area contributed by atoms with Gasteiger partial charge in [0.25, 0.3) is 0 Å². The number of fused-ring (bicyclic) bond motifs is 1. The van der Waals surface area contributed by atoms with E-state index in [2.05, 4.69) is 19.9 Å². The summed E-state index contributed by atoms with van der Waals surface area (Å²) in [6.07, 6.45) is 0.150. The van der Waals surface area contributed by atoms with Gasteiger partial charge in [0.2, 0.25) is 0 Å². The summed E-state index contributed by atoms with van der Waals surface area (Å²) in [4.78, 5) is 0. The summed E-state index contributed by atoms with van der Waals surface area (Å²) in [5.41, 5.74) is 1.00. The molecule has 3 heteroatoms. The molecule has 0 fully saturated rings. The van der Waals surface area contributed by atoms with Crippen molar-refractivity contribution in [3.8, 4) is 11.5 Å². The summed E-state index contributed by atoms with van der Waals surface area (Å²) in [6, 6.07) is 5.91. The highest BCUT2D eigenvalue weighted by Gasteiger charge is 2.32. The fourth-order valence-electron chi connectivity index (χ4n) is 1.98. The first kappa shape index (κ1) is 12.2. The van der Waals surface area contributed by atoms with Crippen molar-refractivity contribution < 1.29 is 14.6 Å². The number of aliphatic hydroxyl groups excluding tert-OH is 1. The molecule has 17 heavy (non-hydrogen) atoms. The molecule has 94 valence electrons. The first-order valence-corrected chi connectivity index (χ1v) is 6.05. The van der Waals surface area contributed by atoms with E-state index < -0.39 is 6.10 Å². The normalized spacial score (nSPS) is 20.3. The van der Waals surface area contributed by atoms with Gasteiger partial charge in [0.1, 0.15) is 11.7 Å². The van der Waals surface area contributed by atoms with Crippen LogP contribution in [0.5, 0.6) is 11.5 Å². The maximum absolute atomic E-state index is 9.47. The van der Waals surface area contributed by atoms with E-state index >= 15 is 0 Å². The minimum absolute atomic E-state index is 0.171. The number of ether oxygens (including phenoxy) is 2. The molecule has 0 aromatic heterocycles. The fourth-order valence-corrected chi connectivity index (χ4v) is 1.98. The molecule has 2 atom stereocenters. The van der Waals surface area contributed by atoms with Crippen LogP contribution in [0.15, 0.2) is 18.2 Å². The second-order valence-corrected chi connectivity index (χ2v) is 5.35. The number of hydrogen-bond donors (Lipinski definition) is 1. The Morgan fingerprint density at radius 1 is 1.35 bits per heavy atom. The van der Waals surface area contributed by atoms with Crippen LogP contribution in [0.1, 0.15) is 33.3 Å². The lowest BCUT2D eigenvalue weighted by atomic mass is 10.0. The largest absolute Gasteiger partial charge is 0.484 e. The molecule has 1 aliphatic rings. The Kier molecular flexibility index (Phi) is 3.04. The van der Waals surface area contributed by atoms with Gasteiger partial charge in [0.05, 0.1) is 6.10 Å². The lowest BCUT2D eigenvalue weighted by Gasteiger charge is -2.21. The molecule has 0 saturated carbocycles. The molecule has 0 aliphatic carbocycles. The summed E-state index contributed by atoms with van der Waals surface area (Å²) in [5, 5.41) is 9.47. The van der Waals surface area contributed by atoms with Crippen LogP contribution in [0.4, 0.5) is 0 Å². The molecule has 0 radical (unpaired) electrons. The second kappa shape index (κ2) is 4.22. The molecule has 1 heterocycles. The van der Waals surface area contributed by atoms with Crippen molar-refractivity contribution in [3.05, 3.63) is 23.8 Å². The van der Waals surface area contributed by atoms with Crippen molar-refractivity contribution in [2.24, 2.45) is 0 Å². The van der Waals surface area contributed by atoms with Crippen LogP contribution < -0.4 is 9.47 Å². The van der Waals surface area contributed by atoms with Crippen molar-refractivity contribution in [3.63, 3.8) is 0 Å². The third kappa shape index (κ3) is 2.55. The van der Waals surface area contributed by atoms with Crippen LogP contribution >= 0.6 is 0 Å². The molecule has 0 saturated heterocycles. The maximum Gasteiger partial charge on any atom is 0.165 e. The van der Waals surface area contributed by atoms with Gasteiger partial charge in [0, 0.05) is 12.0 Å². The van der Waals surface area contributed by atoms with Gasteiger partial charge in [-0.1, -0.05) is 12.1 Å². The molecule has 1 aromatic carbocycles. The average Bonchev–Trinajstić information content (AvgIpc) is 2.53. The van der Waals surface area contributed by atoms with E-state index in [0.29, 0.717) is 0 Å². The van der Waals surface area contributed by atoms with E-state index in [-0.39, 0.29) is 11.7 Å². The minimum atomic E-state index is -0.500. The van der Waals surface area contributed by atoms with E-state index in [1.807, 2.05) is 19.1 Å². The van der Waals surface area contributed by atoms with Crippen LogP contribution in [0.3, 0.4) is 0 Å².